The Morgan fingerprint density at radius 3 is 2.38 bits per heavy atom. The number of aliphatic hydroxyl groups excluding tert-OH is 1. The van der Waals surface area contributed by atoms with Crippen LogP contribution in [0, 0.1) is 0 Å². The van der Waals surface area contributed by atoms with Gasteiger partial charge in [0.1, 0.15) is 0 Å². The van der Waals surface area contributed by atoms with Crippen LogP contribution < -0.4 is 0 Å². The lowest BCUT2D eigenvalue weighted by Gasteiger charge is -2.11. The Kier molecular flexibility index (Phi) is 4.96. The third-order valence-electron chi connectivity index (χ3n) is 2.34. The zero-order valence-electron chi connectivity index (χ0n) is 10.5. The number of aliphatic hydroxyl groups is 1. The summed E-state index contributed by atoms with van der Waals surface area (Å²) in [7, 11) is -1.11. The Labute approximate surface area is 99.8 Å². The summed E-state index contributed by atoms with van der Waals surface area (Å²) in [4.78, 5) is 0. The molecule has 88 valence electrons. The van der Waals surface area contributed by atoms with Crippen molar-refractivity contribution < 1.29 is 5.11 Å². The molecule has 1 nitrogen and oxygen atoms in total. The summed E-state index contributed by atoms with van der Waals surface area (Å²) in [5, 5.41) is 9.86. The average Bonchev–Trinajstić information content (AvgIpc) is 2.17. The minimum Gasteiger partial charge on any atom is -0.392 e. The van der Waals surface area contributed by atoms with E-state index in [4.69, 9.17) is 0 Å². The van der Waals surface area contributed by atoms with Crippen molar-refractivity contribution in [3.63, 3.8) is 0 Å². The van der Waals surface area contributed by atoms with Crippen molar-refractivity contribution in [2.45, 2.75) is 38.6 Å². The van der Waals surface area contributed by atoms with Crippen LogP contribution in [0.15, 0.2) is 42.1 Å². The van der Waals surface area contributed by atoms with Gasteiger partial charge in [-0.25, -0.2) is 0 Å². The van der Waals surface area contributed by atoms with Crippen LogP contribution in [-0.4, -0.2) is 19.3 Å². The van der Waals surface area contributed by atoms with E-state index in [1.807, 2.05) is 18.2 Å². The van der Waals surface area contributed by atoms with Gasteiger partial charge in [0, 0.05) is 0 Å². The molecule has 0 spiro atoms. The van der Waals surface area contributed by atoms with E-state index < -0.39 is 8.07 Å². The summed E-state index contributed by atoms with van der Waals surface area (Å²) in [6, 6.07) is 10.2. The first-order valence-corrected chi connectivity index (χ1v) is 9.45. The first-order valence-electron chi connectivity index (χ1n) is 5.87. The minimum atomic E-state index is -1.11. The van der Waals surface area contributed by atoms with Crippen molar-refractivity contribution in [1.29, 1.82) is 0 Å². The summed E-state index contributed by atoms with van der Waals surface area (Å²) in [6.07, 6.45) is 3.39. The SMILES string of the molecule is C[Si](C)(C)/C=C/CC(O)Cc1ccccc1. The monoisotopic (exact) mass is 234 g/mol. The van der Waals surface area contributed by atoms with Crippen LogP contribution in [-0.2, 0) is 6.42 Å². The van der Waals surface area contributed by atoms with Crippen LogP contribution in [0.5, 0.6) is 0 Å². The molecule has 0 aromatic heterocycles. The second-order valence-electron chi connectivity index (χ2n) is 5.35. The first-order chi connectivity index (χ1) is 7.47. The molecular weight excluding hydrogens is 212 g/mol. The van der Waals surface area contributed by atoms with Crippen molar-refractivity contribution in [3.8, 4) is 0 Å². The molecule has 0 aliphatic heterocycles. The van der Waals surface area contributed by atoms with Crippen LogP contribution in [0.2, 0.25) is 19.6 Å². The van der Waals surface area contributed by atoms with Crippen LogP contribution in [0.4, 0.5) is 0 Å². The van der Waals surface area contributed by atoms with Crippen molar-refractivity contribution in [3.05, 3.63) is 47.7 Å². The molecule has 0 bridgehead atoms. The molecule has 0 heterocycles. The maximum absolute atomic E-state index is 9.86. The highest BCUT2D eigenvalue weighted by Gasteiger charge is 2.08. The van der Waals surface area contributed by atoms with Crippen molar-refractivity contribution in [2.75, 3.05) is 0 Å². The lowest BCUT2D eigenvalue weighted by molar-refractivity contribution is 0.178. The first kappa shape index (κ1) is 13.2. The third kappa shape index (κ3) is 5.88. The lowest BCUT2D eigenvalue weighted by atomic mass is 10.1. The molecule has 0 aliphatic rings. The van der Waals surface area contributed by atoms with Crippen LogP contribution in [0.3, 0.4) is 0 Å². The highest BCUT2D eigenvalue weighted by molar-refractivity contribution is 6.80. The van der Waals surface area contributed by atoms with Crippen LogP contribution >= 0.6 is 0 Å². The molecule has 0 amide bonds. The fourth-order valence-corrected chi connectivity index (χ4v) is 2.39. The minimum absolute atomic E-state index is 0.255. The van der Waals surface area contributed by atoms with E-state index >= 15 is 0 Å². The Morgan fingerprint density at radius 1 is 1.19 bits per heavy atom. The summed E-state index contributed by atoms with van der Waals surface area (Å²) in [5.74, 6) is 0. The van der Waals surface area contributed by atoms with E-state index in [0.717, 1.165) is 12.8 Å². The number of hydrogen-bond acceptors (Lipinski definition) is 1. The van der Waals surface area contributed by atoms with Gasteiger partial charge < -0.3 is 5.11 Å². The fraction of sp³-hybridized carbons (Fsp3) is 0.429. The normalized spacial score (nSPS) is 14.2. The van der Waals surface area contributed by atoms with Gasteiger partial charge in [-0.1, -0.05) is 61.7 Å². The number of hydrogen-bond donors (Lipinski definition) is 1. The largest absolute Gasteiger partial charge is 0.392 e. The molecule has 1 unspecified atom stereocenters. The number of rotatable bonds is 5. The second kappa shape index (κ2) is 6.02. The van der Waals surface area contributed by atoms with Gasteiger partial charge in [0.15, 0.2) is 0 Å². The van der Waals surface area contributed by atoms with Crippen molar-refractivity contribution in [2.24, 2.45) is 0 Å². The Morgan fingerprint density at radius 2 is 1.81 bits per heavy atom. The molecule has 1 aromatic carbocycles. The molecule has 0 saturated heterocycles. The van der Waals surface area contributed by atoms with Gasteiger partial charge in [-0.3, -0.25) is 0 Å². The molecule has 16 heavy (non-hydrogen) atoms. The molecule has 0 saturated carbocycles. The van der Waals surface area contributed by atoms with Gasteiger partial charge in [0.05, 0.1) is 14.2 Å². The molecule has 1 rings (SSSR count). The van der Waals surface area contributed by atoms with Crippen molar-refractivity contribution >= 4 is 8.07 Å². The standard InChI is InChI=1S/C14H22OSi/c1-16(2,3)11-7-10-14(15)12-13-8-5-4-6-9-13/h4-9,11,14-15H,10,12H2,1-3H3/b11-7+. The average molecular weight is 234 g/mol. The Bertz CT molecular complexity index is 324. The quantitative estimate of drug-likeness (QED) is 0.774. The Balaban J connectivity index is 2.37. The molecule has 0 aliphatic carbocycles. The molecule has 0 radical (unpaired) electrons. The Hall–Kier alpha value is -0.863. The predicted molar refractivity (Wildman–Crippen MR) is 73.3 cm³/mol. The van der Waals surface area contributed by atoms with Gasteiger partial charge in [0.2, 0.25) is 0 Å². The summed E-state index contributed by atoms with van der Waals surface area (Å²) >= 11 is 0. The second-order valence-corrected chi connectivity index (χ2v) is 10.4. The lowest BCUT2D eigenvalue weighted by Crippen LogP contribution is -2.16. The summed E-state index contributed by atoms with van der Waals surface area (Å²) in [5.41, 5.74) is 3.50. The van der Waals surface area contributed by atoms with Crippen LogP contribution in [0.25, 0.3) is 0 Å². The van der Waals surface area contributed by atoms with Gasteiger partial charge >= 0.3 is 0 Å². The molecule has 1 aromatic rings. The molecule has 1 atom stereocenters. The van der Waals surface area contributed by atoms with E-state index in [1.54, 1.807) is 0 Å². The van der Waals surface area contributed by atoms with Gasteiger partial charge in [-0.05, 0) is 18.4 Å². The smallest absolute Gasteiger partial charge is 0.0682 e. The highest BCUT2D eigenvalue weighted by Crippen LogP contribution is 2.08. The van der Waals surface area contributed by atoms with Gasteiger partial charge in [-0.15, -0.1) is 0 Å². The van der Waals surface area contributed by atoms with Crippen molar-refractivity contribution in [1.82, 2.24) is 0 Å². The maximum Gasteiger partial charge on any atom is 0.0682 e. The van der Waals surface area contributed by atoms with Gasteiger partial charge in [-0.2, -0.15) is 0 Å². The molecule has 0 fully saturated rings. The highest BCUT2D eigenvalue weighted by atomic mass is 28.3. The number of benzene rings is 1. The zero-order chi connectivity index (χ0) is 12.0. The fourth-order valence-electron chi connectivity index (χ4n) is 1.55. The van der Waals surface area contributed by atoms with Gasteiger partial charge in [0.25, 0.3) is 0 Å². The van der Waals surface area contributed by atoms with E-state index in [9.17, 15) is 5.11 Å². The summed E-state index contributed by atoms with van der Waals surface area (Å²) < 4.78 is 0. The summed E-state index contributed by atoms with van der Waals surface area (Å²) in [6.45, 7) is 6.90. The molecule has 2 heteroatoms. The maximum atomic E-state index is 9.86. The van der Waals surface area contributed by atoms with E-state index in [-0.39, 0.29) is 6.10 Å². The third-order valence-corrected chi connectivity index (χ3v) is 3.58. The topological polar surface area (TPSA) is 20.2 Å². The molecular formula is C14H22OSi. The van der Waals surface area contributed by atoms with E-state index in [0.29, 0.717) is 0 Å². The zero-order valence-corrected chi connectivity index (χ0v) is 11.5. The van der Waals surface area contributed by atoms with E-state index in [2.05, 4.69) is 43.5 Å². The molecule has 1 N–H and O–H groups in total. The predicted octanol–water partition coefficient (Wildman–Crippen LogP) is 3.41. The van der Waals surface area contributed by atoms with E-state index in [1.165, 1.54) is 5.56 Å². The van der Waals surface area contributed by atoms with Crippen LogP contribution in [0.1, 0.15) is 12.0 Å².